The van der Waals surface area contributed by atoms with Crippen molar-refractivity contribution < 1.29 is 19.6 Å². The number of nitro groups is 1. The summed E-state index contributed by atoms with van der Waals surface area (Å²) >= 11 is 0. The Balaban J connectivity index is 3.08. The first-order valence-corrected chi connectivity index (χ1v) is 5.65. The number of nitrogens with zero attached hydrogens (tertiary/aromatic N) is 1. The number of rotatable bonds is 5. The average molecular weight is 266 g/mol. The SMILES string of the molecule is CC[C@@H](NC(=O)c1cc(C)ccc1[N+](=O)[O-])C(=O)O. The van der Waals surface area contributed by atoms with E-state index in [1.54, 1.807) is 13.8 Å². The number of carboxylic acids is 1. The summed E-state index contributed by atoms with van der Waals surface area (Å²) in [6.45, 7) is 3.29. The summed E-state index contributed by atoms with van der Waals surface area (Å²) in [6.07, 6.45) is 0.195. The highest BCUT2D eigenvalue weighted by Crippen LogP contribution is 2.19. The summed E-state index contributed by atoms with van der Waals surface area (Å²) in [5.41, 5.74) is 0.201. The van der Waals surface area contributed by atoms with E-state index >= 15 is 0 Å². The molecule has 7 heteroatoms. The van der Waals surface area contributed by atoms with Gasteiger partial charge in [-0.2, -0.15) is 0 Å². The molecule has 1 amide bonds. The van der Waals surface area contributed by atoms with Crippen LogP contribution in [0.3, 0.4) is 0 Å². The summed E-state index contributed by atoms with van der Waals surface area (Å²) in [5, 5.41) is 22.0. The van der Waals surface area contributed by atoms with Crippen LogP contribution in [0.15, 0.2) is 18.2 Å². The van der Waals surface area contributed by atoms with Gasteiger partial charge in [-0.15, -0.1) is 0 Å². The van der Waals surface area contributed by atoms with Crippen molar-refractivity contribution in [3.8, 4) is 0 Å². The van der Waals surface area contributed by atoms with E-state index in [-0.39, 0.29) is 17.7 Å². The number of carbonyl (C=O) groups excluding carboxylic acids is 1. The normalized spacial score (nSPS) is 11.7. The third-order valence-electron chi connectivity index (χ3n) is 2.61. The highest BCUT2D eigenvalue weighted by Gasteiger charge is 2.24. The van der Waals surface area contributed by atoms with Crippen LogP contribution in [-0.2, 0) is 4.79 Å². The standard InChI is InChI=1S/C12H14N2O5/c1-3-9(12(16)17)13-11(15)8-6-7(2)4-5-10(8)14(18)19/h4-6,9H,3H2,1-2H3,(H,13,15)(H,16,17)/t9-/m1/s1. The van der Waals surface area contributed by atoms with E-state index in [0.717, 1.165) is 0 Å². The second-order valence-electron chi connectivity index (χ2n) is 4.05. The summed E-state index contributed by atoms with van der Waals surface area (Å²) < 4.78 is 0. The molecule has 1 rings (SSSR count). The summed E-state index contributed by atoms with van der Waals surface area (Å²) in [5.74, 6) is -1.93. The van der Waals surface area contributed by atoms with Crippen LogP contribution in [0.5, 0.6) is 0 Å². The molecule has 0 aliphatic carbocycles. The molecule has 0 aliphatic heterocycles. The van der Waals surface area contributed by atoms with Crippen LogP contribution in [0, 0.1) is 17.0 Å². The molecule has 7 nitrogen and oxygen atoms in total. The maximum Gasteiger partial charge on any atom is 0.326 e. The molecule has 0 heterocycles. The Labute approximate surface area is 109 Å². The predicted octanol–water partition coefficient (Wildman–Crippen LogP) is 1.50. The van der Waals surface area contributed by atoms with Gasteiger partial charge in [0.1, 0.15) is 11.6 Å². The molecule has 0 saturated heterocycles. The van der Waals surface area contributed by atoms with Crippen LogP contribution in [0.2, 0.25) is 0 Å². The third-order valence-corrected chi connectivity index (χ3v) is 2.61. The van der Waals surface area contributed by atoms with Crippen LogP contribution in [-0.4, -0.2) is 27.9 Å². The Morgan fingerprint density at radius 1 is 1.47 bits per heavy atom. The minimum Gasteiger partial charge on any atom is -0.480 e. The van der Waals surface area contributed by atoms with Gasteiger partial charge in [0, 0.05) is 6.07 Å². The van der Waals surface area contributed by atoms with Crippen LogP contribution in [0.25, 0.3) is 0 Å². The van der Waals surface area contributed by atoms with Gasteiger partial charge in [0.15, 0.2) is 0 Å². The van der Waals surface area contributed by atoms with Gasteiger partial charge in [0.25, 0.3) is 11.6 Å². The number of aryl methyl sites for hydroxylation is 1. The Hall–Kier alpha value is -2.44. The number of amides is 1. The van der Waals surface area contributed by atoms with Crippen LogP contribution < -0.4 is 5.32 Å². The number of carbonyl (C=O) groups is 2. The van der Waals surface area contributed by atoms with Gasteiger partial charge in [-0.05, 0) is 25.0 Å². The predicted molar refractivity (Wildman–Crippen MR) is 67.0 cm³/mol. The van der Waals surface area contributed by atoms with Crippen molar-refractivity contribution in [1.29, 1.82) is 0 Å². The zero-order valence-electron chi connectivity index (χ0n) is 10.5. The smallest absolute Gasteiger partial charge is 0.326 e. The molecule has 1 atom stereocenters. The second kappa shape index (κ2) is 5.94. The van der Waals surface area contributed by atoms with Gasteiger partial charge in [0.05, 0.1) is 4.92 Å². The van der Waals surface area contributed by atoms with E-state index in [0.29, 0.717) is 5.56 Å². The lowest BCUT2D eigenvalue weighted by Gasteiger charge is -2.12. The maximum atomic E-state index is 11.9. The van der Waals surface area contributed by atoms with Crippen LogP contribution in [0.1, 0.15) is 29.3 Å². The Bertz CT molecular complexity index is 527. The average Bonchev–Trinajstić information content (AvgIpc) is 2.34. The van der Waals surface area contributed by atoms with Crippen LogP contribution in [0.4, 0.5) is 5.69 Å². The highest BCUT2D eigenvalue weighted by atomic mass is 16.6. The molecule has 1 aromatic rings. The van der Waals surface area contributed by atoms with Crippen molar-refractivity contribution in [2.45, 2.75) is 26.3 Å². The summed E-state index contributed by atoms with van der Waals surface area (Å²) in [6, 6.07) is 3.05. The molecule has 0 unspecified atom stereocenters. The number of nitro benzene ring substituents is 1. The Morgan fingerprint density at radius 3 is 2.58 bits per heavy atom. The molecule has 0 fully saturated rings. The first-order valence-electron chi connectivity index (χ1n) is 5.65. The first kappa shape index (κ1) is 14.6. The molecular formula is C12H14N2O5. The zero-order chi connectivity index (χ0) is 14.6. The molecule has 1 aromatic carbocycles. The fraction of sp³-hybridized carbons (Fsp3) is 0.333. The fourth-order valence-electron chi connectivity index (χ4n) is 1.57. The minimum atomic E-state index is -1.17. The van der Waals surface area contributed by atoms with Gasteiger partial charge >= 0.3 is 5.97 Å². The maximum absolute atomic E-state index is 11.9. The number of nitrogens with one attached hydrogen (secondary N) is 1. The largest absolute Gasteiger partial charge is 0.480 e. The molecular weight excluding hydrogens is 252 g/mol. The van der Waals surface area contributed by atoms with Crippen molar-refractivity contribution in [3.63, 3.8) is 0 Å². The van der Waals surface area contributed by atoms with E-state index in [2.05, 4.69) is 5.32 Å². The van der Waals surface area contributed by atoms with E-state index < -0.39 is 22.8 Å². The van der Waals surface area contributed by atoms with E-state index in [4.69, 9.17) is 5.11 Å². The first-order chi connectivity index (χ1) is 8.86. The summed E-state index contributed by atoms with van der Waals surface area (Å²) in [7, 11) is 0. The number of aliphatic carboxylic acids is 1. The van der Waals surface area contributed by atoms with Gasteiger partial charge in [-0.1, -0.05) is 13.0 Å². The Morgan fingerprint density at radius 2 is 2.11 bits per heavy atom. The van der Waals surface area contributed by atoms with Crippen LogP contribution >= 0.6 is 0 Å². The van der Waals surface area contributed by atoms with E-state index in [9.17, 15) is 19.7 Å². The number of benzene rings is 1. The van der Waals surface area contributed by atoms with E-state index in [1.165, 1.54) is 18.2 Å². The molecule has 0 aliphatic rings. The van der Waals surface area contributed by atoms with Crippen molar-refractivity contribution >= 4 is 17.6 Å². The number of hydrogen-bond acceptors (Lipinski definition) is 4. The summed E-state index contributed by atoms with van der Waals surface area (Å²) in [4.78, 5) is 32.9. The molecule has 2 N–H and O–H groups in total. The van der Waals surface area contributed by atoms with Crippen molar-refractivity contribution in [2.75, 3.05) is 0 Å². The second-order valence-corrected chi connectivity index (χ2v) is 4.05. The number of hydrogen-bond donors (Lipinski definition) is 2. The lowest BCUT2D eigenvalue weighted by Crippen LogP contribution is -2.40. The lowest BCUT2D eigenvalue weighted by molar-refractivity contribution is -0.385. The van der Waals surface area contributed by atoms with Gasteiger partial charge in [0.2, 0.25) is 0 Å². The number of carboxylic acid groups (broad SMARTS) is 1. The fourth-order valence-corrected chi connectivity index (χ4v) is 1.57. The molecule has 0 radical (unpaired) electrons. The highest BCUT2D eigenvalue weighted by molar-refractivity contribution is 6.00. The topological polar surface area (TPSA) is 110 Å². The van der Waals surface area contributed by atoms with Crippen molar-refractivity contribution in [3.05, 3.63) is 39.4 Å². The molecule has 102 valence electrons. The van der Waals surface area contributed by atoms with Gasteiger partial charge < -0.3 is 10.4 Å². The third kappa shape index (κ3) is 3.51. The van der Waals surface area contributed by atoms with Crippen molar-refractivity contribution in [1.82, 2.24) is 5.32 Å². The van der Waals surface area contributed by atoms with E-state index in [1.807, 2.05) is 0 Å². The molecule has 19 heavy (non-hydrogen) atoms. The zero-order valence-corrected chi connectivity index (χ0v) is 10.5. The van der Waals surface area contributed by atoms with Gasteiger partial charge in [-0.3, -0.25) is 14.9 Å². The van der Waals surface area contributed by atoms with Gasteiger partial charge in [-0.25, -0.2) is 4.79 Å². The molecule has 0 aromatic heterocycles. The minimum absolute atomic E-state index is 0.135. The lowest BCUT2D eigenvalue weighted by atomic mass is 10.1. The quantitative estimate of drug-likeness (QED) is 0.619. The van der Waals surface area contributed by atoms with Crippen molar-refractivity contribution in [2.24, 2.45) is 0 Å². The molecule has 0 spiro atoms. The monoisotopic (exact) mass is 266 g/mol. The molecule has 0 saturated carbocycles. The Kier molecular flexibility index (Phi) is 4.57. The molecule has 0 bridgehead atoms.